The first kappa shape index (κ1) is 22.7. The van der Waals surface area contributed by atoms with E-state index < -0.39 is 0 Å². The molecule has 0 aliphatic rings. The van der Waals surface area contributed by atoms with Gasteiger partial charge < -0.3 is 10.2 Å². The lowest BCUT2D eigenvalue weighted by Gasteiger charge is -2.10. The molecule has 4 aromatic heterocycles. The average molecular weight is 507 g/mol. The standard InChI is InChI=1S/C27H22N8OS/c1-35(2)27-29-9-7-20(32-27)14-22(36)24-12-16-3-4-17(13-23(16)37-24)26-28-10-8-25(33-26)31-19-5-6-21-18(11-19)15-30-34-21/h3-13,15H,14H2,1-2H3,(H,30,34)(H,28,31,33). The van der Waals surface area contributed by atoms with Crippen molar-refractivity contribution in [1.82, 2.24) is 30.1 Å². The van der Waals surface area contributed by atoms with Crippen LogP contribution in [0.3, 0.4) is 0 Å². The third-order valence-electron chi connectivity index (χ3n) is 5.86. The van der Waals surface area contributed by atoms with Gasteiger partial charge in [-0.25, -0.2) is 19.9 Å². The molecular weight excluding hydrogens is 484 g/mol. The van der Waals surface area contributed by atoms with Crippen LogP contribution in [0.2, 0.25) is 0 Å². The largest absolute Gasteiger partial charge is 0.347 e. The summed E-state index contributed by atoms with van der Waals surface area (Å²) in [5.41, 5.74) is 3.48. The molecule has 0 aliphatic heterocycles. The lowest BCUT2D eigenvalue weighted by atomic mass is 10.1. The molecule has 37 heavy (non-hydrogen) atoms. The second-order valence-corrected chi connectivity index (χ2v) is 9.85. The van der Waals surface area contributed by atoms with E-state index in [1.54, 1.807) is 24.7 Å². The van der Waals surface area contributed by atoms with E-state index in [0.717, 1.165) is 32.2 Å². The maximum absolute atomic E-state index is 13.0. The molecule has 9 nitrogen and oxygen atoms in total. The Morgan fingerprint density at radius 2 is 1.86 bits per heavy atom. The van der Waals surface area contributed by atoms with Gasteiger partial charge in [0.15, 0.2) is 11.6 Å². The molecule has 6 rings (SSSR count). The van der Waals surface area contributed by atoms with Crippen LogP contribution >= 0.6 is 11.3 Å². The van der Waals surface area contributed by atoms with Crippen molar-refractivity contribution in [2.45, 2.75) is 6.42 Å². The van der Waals surface area contributed by atoms with Gasteiger partial charge in [0, 0.05) is 47.8 Å². The number of anilines is 3. The van der Waals surface area contributed by atoms with Gasteiger partial charge in [-0.05, 0) is 47.9 Å². The van der Waals surface area contributed by atoms with Gasteiger partial charge in [-0.3, -0.25) is 9.89 Å². The van der Waals surface area contributed by atoms with Crippen LogP contribution in [0.4, 0.5) is 17.5 Å². The molecule has 0 saturated carbocycles. The minimum atomic E-state index is 0.0307. The van der Waals surface area contributed by atoms with Crippen molar-refractivity contribution in [3.8, 4) is 11.4 Å². The second-order valence-electron chi connectivity index (χ2n) is 8.77. The number of nitrogens with one attached hydrogen (secondary N) is 2. The van der Waals surface area contributed by atoms with E-state index in [4.69, 9.17) is 4.98 Å². The molecule has 4 heterocycles. The quantitative estimate of drug-likeness (QED) is 0.282. The molecule has 182 valence electrons. The Kier molecular flexibility index (Phi) is 5.78. The van der Waals surface area contributed by atoms with E-state index >= 15 is 0 Å². The van der Waals surface area contributed by atoms with E-state index in [2.05, 4.69) is 30.5 Å². The van der Waals surface area contributed by atoms with Crippen LogP contribution in [0.25, 0.3) is 32.4 Å². The molecule has 2 aromatic carbocycles. The fourth-order valence-electron chi connectivity index (χ4n) is 3.99. The number of aromatic nitrogens is 6. The van der Waals surface area contributed by atoms with Crippen LogP contribution in [0, 0.1) is 0 Å². The molecule has 0 atom stereocenters. The number of carbonyl (C=O) groups is 1. The lowest BCUT2D eigenvalue weighted by molar-refractivity contribution is 0.0996. The number of Topliss-reactive ketones (excluding diaryl/α,β-unsaturated/α-hetero) is 1. The zero-order valence-electron chi connectivity index (χ0n) is 20.1. The van der Waals surface area contributed by atoms with Crippen LogP contribution in [0.5, 0.6) is 0 Å². The highest BCUT2D eigenvalue weighted by Gasteiger charge is 2.14. The smallest absolute Gasteiger partial charge is 0.224 e. The van der Waals surface area contributed by atoms with Crippen molar-refractivity contribution in [3.05, 3.63) is 83.8 Å². The summed E-state index contributed by atoms with van der Waals surface area (Å²) in [7, 11) is 3.75. The van der Waals surface area contributed by atoms with Gasteiger partial charge in [-0.1, -0.05) is 12.1 Å². The number of aromatic amines is 1. The maximum Gasteiger partial charge on any atom is 0.224 e. The number of rotatable bonds is 7. The molecule has 0 radical (unpaired) electrons. The number of carbonyl (C=O) groups excluding carboxylic acids is 1. The van der Waals surface area contributed by atoms with Crippen LogP contribution in [-0.2, 0) is 6.42 Å². The number of ketones is 1. The molecule has 0 saturated heterocycles. The summed E-state index contributed by atoms with van der Waals surface area (Å²) in [5, 5.41) is 12.4. The predicted octanol–water partition coefficient (Wildman–Crippen LogP) is 5.26. The van der Waals surface area contributed by atoms with Crippen molar-refractivity contribution >= 4 is 55.6 Å². The lowest BCUT2D eigenvalue weighted by Crippen LogP contribution is -2.14. The highest BCUT2D eigenvalue weighted by molar-refractivity contribution is 7.20. The maximum atomic E-state index is 13.0. The number of hydrogen-bond acceptors (Lipinski definition) is 9. The third kappa shape index (κ3) is 4.74. The summed E-state index contributed by atoms with van der Waals surface area (Å²) in [6.07, 6.45) is 5.43. The normalized spacial score (nSPS) is 11.2. The second kappa shape index (κ2) is 9.40. The minimum Gasteiger partial charge on any atom is -0.347 e. The molecule has 10 heteroatoms. The van der Waals surface area contributed by atoms with Gasteiger partial charge in [0.1, 0.15) is 5.82 Å². The third-order valence-corrected chi connectivity index (χ3v) is 7.00. The Hall–Kier alpha value is -4.70. The van der Waals surface area contributed by atoms with Gasteiger partial charge in [-0.15, -0.1) is 11.3 Å². The number of fused-ring (bicyclic) bond motifs is 2. The summed E-state index contributed by atoms with van der Waals surface area (Å²) < 4.78 is 1.00. The van der Waals surface area contributed by atoms with E-state index in [0.29, 0.717) is 28.2 Å². The van der Waals surface area contributed by atoms with Crippen LogP contribution < -0.4 is 10.2 Å². The number of hydrogen-bond donors (Lipinski definition) is 2. The average Bonchev–Trinajstić information content (AvgIpc) is 3.55. The molecule has 6 aromatic rings. The van der Waals surface area contributed by atoms with E-state index in [9.17, 15) is 4.79 Å². The summed E-state index contributed by atoms with van der Waals surface area (Å²) in [4.78, 5) is 33.4. The van der Waals surface area contributed by atoms with Crippen molar-refractivity contribution in [1.29, 1.82) is 0 Å². The Labute approximate surface area is 216 Å². The van der Waals surface area contributed by atoms with E-state index in [1.807, 2.05) is 67.5 Å². The summed E-state index contributed by atoms with van der Waals surface area (Å²) in [5.74, 6) is 1.92. The van der Waals surface area contributed by atoms with Crippen molar-refractivity contribution in [3.63, 3.8) is 0 Å². The van der Waals surface area contributed by atoms with Crippen molar-refractivity contribution < 1.29 is 4.79 Å². The first-order chi connectivity index (χ1) is 18.0. The van der Waals surface area contributed by atoms with Gasteiger partial charge >= 0.3 is 0 Å². The molecule has 0 bridgehead atoms. The van der Waals surface area contributed by atoms with Crippen LogP contribution in [0.1, 0.15) is 15.4 Å². The summed E-state index contributed by atoms with van der Waals surface area (Å²) >= 11 is 1.47. The molecule has 0 unspecified atom stereocenters. The SMILES string of the molecule is CN(C)c1nccc(CC(=O)c2cc3ccc(-c4nccc(Nc5ccc6[nH]ncc6c5)n4)cc3s2)n1. The predicted molar refractivity (Wildman–Crippen MR) is 147 cm³/mol. The highest BCUT2D eigenvalue weighted by atomic mass is 32.1. The van der Waals surface area contributed by atoms with Gasteiger partial charge in [0.25, 0.3) is 0 Å². The van der Waals surface area contributed by atoms with Gasteiger partial charge in [0.2, 0.25) is 5.95 Å². The number of nitrogens with zero attached hydrogens (tertiary/aromatic N) is 6. The number of H-pyrrole nitrogens is 1. The first-order valence-electron chi connectivity index (χ1n) is 11.6. The first-order valence-corrected chi connectivity index (χ1v) is 12.4. The number of benzene rings is 2. The van der Waals surface area contributed by atoms with E-state index in [1.165, 1.54) is 11.3 Å². The molecule has 2 N–H and O–H groups in total. The van der Waals surface area contributed by atoms with Gasteiger partial charge in [-0.2, -0.15) is 5.10 Å². The van der Waals surface area contributed by atoms with Crippen molar-refractivity contribution in [2.24, 2.45) is 0 Å². The van der Waals surface area contributed by atoms with Crippen LogP contribution in [0.15, 0.2) is 73.2 Å². The minimum absolute atomic E-state index is 0.0307. The molecule has 0 spiro atoms. The Morgan fingerprint density at radius 1 is 0.973 bits per heavy atom. The molecule has 0 aliphatic carbocycles. The van der Waals surface area contributed by atoms with Gasteiger partial charge in [0.05, 0.1) is 28.7 Å². The molecule has 0 fully saturated rings. The summed E-state index contributed by atoms with van der Waals surface area (Å²) in [6, 6.07) is 17.5. The fraction of sp³-hybridized carbons (Fsp3) is 0.111. The summed E-state index contributed by atoms with van der Waals surface area (Å²) in [6.45, 7) is 0. The Bertz CT molecular complexity index is 1760. The van der Waals surface area contributed by atoms with Crippen LogP contribution in [-0.4, -0.2) is 50.0 Å². The monoisotopic (exact) mass is 506 g/mol. The Balaban J connectivity index is 1.23. The zero-order chi connectivity index (χ0) is 25.4. The number of thiophene rings is 1. The topological polar surface area (TPSA) is 113 Å². The Morgan fingerprint density at radius 3 is 2.76 bits per heavy atom. The van der Waals surface area contributed by atoms with E-state index in [-0.39, 0.29) is 12.2 Å². The molecule has 0 amide bonds. The molecular formula is C27H22N8OS. The van der Waals surface area contributed by atoms with Crippen molar-refractivity contribution in [2.75, 3.05) is 24.3 Å². The fourth-order valence-corrected chi connectivity index (χ4v) is 5.03. The highest BCUT2D eigenvalue weighted by Crippen LogP contribution is 2.31. The zero-order valence-corrected chi connectivity index (χ0v) is 21.0.